The summed E-state index contributed by atoms with van der Waals surface area (Å²) in [4.78, 5) is 21.7. The van der Waals surface area contributed by atoms with E-state index >= 15 is 0 Å². The molecule has 1 aromatic carbocycles. The topological polar surface area (TPSA) is 67.4 Å². The quantitative estimate of drug-likeness (QED) is 0.711. The summed E-state index contributed by atoms with van der Waals surface area (Å²) in [5.41, 5.74) is -1.08. The number of halogens is 3. The van der Waals surface area contributed by atoms with Gasteiger partial charge in [-0.2, -0.15) is 0 Å². The molecule has 6 nitrogen and oxygen atoms in total. The second kappa shape index (κ2) is 9.25. The van der Waals surface area contributed by atoms with E-state index in [1.54, 1.807) is 17.3 Å². The largest absolute Gasteiger partial charge is 0.489 e. The Bertz CT molecular complexity index is 802. The Morgan fingerprint density at radius 1 is 1.29 bits per heavy atom. The van der Waals surface area contributed by atoms with E-state index in [2.05, 4.69) is 15.3 Å². The average Bonchev–Trinajstić information content (AvgIpc) is 2.71. The number of benzene rings is 1. The Morgan fingerprint density at radius 3 is 2.68 bits per heavy atom. The molecule has 0 unspecified atom stereocenters. The van der Waals surface area contributed by atoms with Crippen molar-refractivity contribution in [2.75, 3.05) is 32.8 Å². The number of hydrogen-bond acceptors (Lipinski definition) is 5. The number of nitrogens with one attached hydrogen (secondary N) is 1. The summed E-state index contributed by atoms with van der Waals surface area (Å²) >= 11 is 5.73. The third-order valence-corrected chi connectivity index (χ3v) is 4.93. The van der Waals surface area contributed by atoms with Crippen LogP contribution in [0.2, 0.25) is 5.02 Å². The molecule has 1 amide bonds. The molecule has 1 N–H and O–H groups in total. The lowest BCUT2D eigenvalue weighted by Crippen LogP contribution is -2.49. The van der Waals surface area contributed by atoms with Crippen LogP contribution in [0.15, 0.2) is 36.9 Å². The van der Waals surface area contributed by atoms with Crippen LogP contribution < -0.4 is 10.1 Å². The molecule has 3 rings (SSSR count). The zero-order chi connectivity index (χ0) is 20.0. The van der Waals surface area contributed by atoms with Gasteiger partial charge < -0.3 is 15.0 Å². The van der Waals surface area contributed by atoms with Crippen molar-refractivity contribution in [1.29, 1.82) is 0 Å². The van der Waals surface area contributed by atoms with Crippen molar-refractivity contribution in [2.45, 2.75) is 18.5 Å². The molecule has 0 radical (unpaired) electrons. The molecule has 0 bridgehead atoms. The fourth-order valence-corrected chi connectivity index (χ4v) is 3.19. The lowest BCUT2D eigenvalue weighted by Gasteiger charge is -2.36. The highest BCUT2D eigenvalue weighted by atomic mass is 35.5. The van der Waals surface area contributed by atoms with Crippen LogP contribution in [-0.2, 0) is 0 Å². The number of likely N-dealkylation sites (tertiary alicyclic amines) is 1. The number of rotatable bonds is 7. The van der Waals surface area contributed by atoms with Crippen LogP contribution in [0, 0.1) is 5.82 Å². The van der Waals surface area contributed by atoms with Gasteiger partial charge in [0.1, 0.15) is 24.4 Å². The summed E-state index contributed by atoms with van der Waals surface area (Å²) in [6.45, 7) is 1.64. The number of aromatic nitrogens is 2. The first-order chi connectivity index (χ1) is 13.5. The molecule has 1 fully saturated rings. The molecule has 2 heterocycles. The summed E-state index contributed by atoms with van der Waals surface area (Å²) < 4.78 is 33.6. The van der Waals surface area contributed by atoms with E-state index in [4.69, 9.17) is 16.3 Å². The first-order valence-electron chi connectivity index (χ1n) is 8.99. The van der Waals surface area contributed by atoms with Gasteiger partial charge in [-0.05, 0) is 18.2 Å². The van der Waals surface area contributed by atoms with Gasteiger partial charge in [-0.25, -0.2) is 18.7 Å². The molecule has 1 aliphatic heterocycles. The Hall–Kier alpha value is -2.32. The number of carbonyl (C=O) groups excluding carboxylic acids is 1. The van der Waals surface area contributed by atoms with Crippen LogP contribution in [-0.4, -0.2) is 59.2 Å². The lowest BCUT2D eigenvalue weighted by molar-refractivity contribution is 0.0433. The molecule has 0 spiro atoms. The van der Waals surface area contributed by atoms with Crippen molar-refractivity contribution >= 4 is 17.5 Å². The first kappa shape index (κ1) is 20.4. The highest BCUT2D eigenvalue weighted by Gasteiger charge is 2.35. The minimum Gasteiger partial charge on any atom is -0.489 e. The monoisotopic (exact) mass is 410 g/mol. The molecule has 9 heteroatoms. The van der Waals surface area contributed by atoms with E-state index < -0.39 is 11.5 Å². The van der Waals surface area contributed by atoms with Gasteiger partial charge in [-0.15, -0.1) is 0 Å². The highest BCUT2D eigenvalue weighted by Crippen LogP contribution is 2.27. The fraction of sp³-hybridized carbons (Fsp3) is 0.421. The number of ether oxygens (including phenoxy) is 1. The average molecular weight is 411 g/mol. The van der Waals surface area contributed by atoms with Crippen LogP contribution in [0.5, 0.6) is 5.75 Å². The van der Waals surface area contributed by atoms with Crippen molar-refractivity contribution in [3.8, 4) is 5.75 Å². The van der Waals surface area contributed by atoms with Gasteiger partial charge >= 0.3 is 0 Å². The second-order valence-electron chi connectivity index (χ2n) is 6.67. The molecule has 2 aromatic rings. The summed E-state index contributed by atoms with van der Waals surface area (Å²) in [7, 11) is 0. The number of hydrogen-bond donors (Lipinski definition) is 1. The third-order valence-electron chi connectivity index (χ3n) is 4.64. The van der Waals surface area contributed by atoms with Crippen molar-refractivity contribution in [2.24, 2.45) is 0 Å². The Morgan fingerprint density at radius 2 is 2.00 bits per heavy atom. The van der Waals surface area contributed by atoms with Crippen molar-refractivity contribution in [1.82, 2.24) is 20.2 Å². The highest BCUT2D eigenvalue weighted by molar-refractivity contribution is 6.31. The van der Waals surface area contributed by atoms with Crippen LogP contribution in [0.4, 0.5) is 8.78 Å². The summed E-state index contributed by atoms with van der Waals surface area (Å²) in [5.74, 6) is -0.281. The van der Waals surface area contributed by atoms with Gasteiger partial charge in [0.25, 0.3) is 5.91 Å². The minimum atomic E-state index is -1.38. The Labute approximate surface area is 166 Å². The van der Waals surface area contributed by atoms with Crippen LogP contribution in [0.25, 0.3) is 0 Å². The molecule has 150 valence electrons. The molecule has 0 saturated carbocycles. The van der Waals surface area contributed by atoms with Crippen molar-refractivity contribution in [3.63, 3.8) is 0 Å². The molecule has 0 aliphatic carbocycles. The zero-order valence-electron chi connectivity index (χ0n) is 15.2. The summed E-state index contributed by atoms with van der Waals surface area (Å²) in [5, 5.41) is 2.95. The number of alkyl halides is 1. The van der Waals surface area contributed by atoms with E-state index in [1.165, 1.54) is 18.5 Å². The Balaban J connectivity index is 1.40. The van der Waals surface area contributed by atoms with E-state index in [9.17, 15) is 13.6 Å². The lowest BCUT2D eigenvalue weighted by atomic mass is 9.93. The first-order valence-corrected chi connectivity index (χ1v) is 9.36. The molecule has 1 aliphatic rings. The van der Waals surface area contributed by atoms with Crippen LogP contribution in [0.1, 0.15) is 23.2 Å². The predicted octanol–water partition coefficient (Wildman–Crippen LogP) is 2.88. The van der Waals surface area contributed by atoms with Gasteiger partial charge in [-0.1, -0.05) is 11.6 Å². The van der Waals surface area contributed by atoms with E-state index in [1.807, 2.05) is 0 Å². The molecule has 28 heavy (non-hydrogen) atoms. The van der Waals surface area contributed by atoms with Crippen LogP contribution >= 0.6 is 11.6 Å². The SMILES string of the molecule is O=C(c1ccc(F)c(Cl)c1)N1CCC(F)(CNCCOc2cncnc2)CC1. The third kappa shape index (κ3) is 5.36. The number of nitrogens with zero attached hydrogens (tertiary/aromatic N) is 3. The zero-order valence-corrected chi connectivity index (χ0v) is 16.0. The van der Waals surface area contributed by atoms with Gasteiger partial charge in [0.2, 0.25) is 0 Å². The fourth-order valence-electron chi connectivity index (χ4n) is 3.01. The van der Waals surface area contributed by atoms with Gasteiger partial charge in [0.15, 0.2) is 5.75 Å². The normalized spacial score (nSPS) is 16.0. The van der Waals surface area contributed by atoms with Gasteiger partial charge in [0.05, 0.1) is 17.4 Å². The number of piperidine rings is 1. The summed E-state index contributed by atoms with van der Waals surface area (Å²) in [6.07, 6.45) is 5.00. The maximum atomic E-state index is 14.9. The second-order valence-corrected chi connectivity index (χ2v) is 7.08. The predicted molar refractivity (Wildman–Crippen MR) is 101 cm³/mol. The van der Waals surface area contributed by atoms with E-state index in [0.29, 0.717) is 37.6 Å². The molecule has 1 saturated heterocycles. The van der Waals surface area contributed by atoms with Crippen LogP contribution in [0.3, 0.4) is 0 Å². The van der Waals surface area contributed by atoms with E-state index in [0.717, 1.165) is 6.07 Å². The molecule has 1 aromatic heterocycles. The van der Waals surface area contributed by atoms with Gasteiger partial charge in [-0.3, -0.25) is 4.79 Å². The standard InChI is InChI=1S/C19H21ClF2N4O2/c20-16-9-14(1-2-17(16)21)18(27)26-6-3-19(22,4-7-26)12-23-5-8-28-15-10-24-13-25-11-15/h1-2,9-11,13,23H,3-8,12H2. The smallest absolute Gasteiger partial charge is 0.253 e. The van der Waals surface area contributed by atoms with E-state index in [-0.39, 0.29) is 30.3 Å². The molecule has 0 atom stereocenters. The minimum absolute atomic E-state index is 0.101. The molecular formula is C19H21ClF2N4O2. The summed E-state index contributed by atoms with van der Waals surface area (Å²) in [6, 6.07) is 3.85. The Kier molecular flexibility index (Phi) is 6.74. The maximum Gasteiger partial charge on any atom is 0.253 e. The maximum absolute atomic E-state index is 14.9. The van der Waals surface area contributed by atoms with Crippen molar-refractivity contribution < 1.29 is 18.3 Å². The molecular weight excluding hydrogens is 390 g/mol. The van der Waals surface area contributed by atoms with Crippen molar-refractivity contribution in [3.05, 3.63) is 53.3 Å². The van der Waals surface area contributed by atoms with Gasteiger partial charge in [0, 0.05) is 44.6 Å². The number of amides is 1. The number of carbonyl (C=O) groups is 1.